The zero-order valence-corrected chi connectivity index (χ0v) is 31.6. The van der Waals surface area contributed by atoms with Crippen LogP contribution < -0.4 is 0 Å². The van der Waals surface area contributed by atoms with Gasteiger partial charge in [-0.05, 0) is 31.4 Å². The summed E-state index contributed by atoms with van der Waals surface area (Å²) < 4.78 is 94.8. The number of benzene rings is 2. The van der Waals surface area contributed by atoms with Crippen molar-refractivity contribution in [2.45, 2.75) is 55.0 Å². The summed E-state index contributed by atoms with van der Waals surface area (Å²) in [7, 11) is -8.79. The number of nitrogens with zero attached hydrogens (tertiary/aromatic N) is 4. The molecule has 0 aliphatic rings. The van der Waals surface area contributed by atoms with E-state index in [0.717, 1.165) is 44.9 Å². The van der Waals surface area contributed by atoms with Crippen molar-refractivity contribution in [1.82, 2.24) is 19.6 Å². The van der Waals surface area contributed by atoms with Crippen LogP contribution in [0.2, 0.25) is 0 Å². The lowest BCUT2D eigenvalue weighted by molar-refractivity contribution is 0.0673. The van der Waals surface area contributed by atoms with Crippen molar-refractivity contribution < 1.29 is 44.2 Å². The summed E-state index contributed by atoms with van der Waals surface area (Å²) in [5.74, 6) is 0. The van der Waals surface area contributed by atoms with Crippen molar-refractivity contribution in [2.24, 2.45) is 0 Å². The van der Waals surface area contributed by atoms with Crippen LogP contribution in [0.5, 0.6) is 0 Å². The number of hydrogen-bond acceptors (Lipinski definition) is 12. The molecule has 2 N–H and O–H groups in total. The molecule has 6 aromatic heterocycles. The van der Waals surface area contributed by atoms with Gasteiger partial charge in [-0.2, -0.15) is 27.0 Å². The first kappa shape index (κ1) is 35.6. The summed E-state index contributed by atoms with van der Waals surface area (Å²) in [5.41, 5.74) is 8.28. The predicted octanol–water partition coefficient (Wildman–Crippen LogP) is 7.33. The maximum absolute atomic E-state index is 11.8. The molecule has 0 saturated heterocycles. The van der Waals surface area contributed by atoms with Gasteiger partial charge in [0.2, 0.25) is 0 Å². The molecule has 0 bridgehead atoms. The highest BCUT2D eigenvalue weighted by Gasteiger charge is 2.26. The smallest absolute Gasteiger partial charge is 0.304 e. The van der Waals surface area contributed by atoms with Crippen LogP contribution in [0.4, 0.5) is 0 Å². The highest BCUT2D eigenvalue weighted by atomic mass is 32.3. The fourth-order valence-electron chi connectivity index (χ4n) is 6.06. The average molecular weight is 797 g/mol. The zero-order chi connectivity index (χ0) is 37.1. The van der Waals surface area contributed by atoms with Gasteiger partial charge in [-0.25, -0.2) is 0 Å². The summed E-state index contributed by atoms with van der Waals surface area (Å²) in [5, 5.41) is 9.51. The lowest BCUT2D eigenvalue weighted by Crippen LogP contribution is -2.05. The fourth-order valence-corrected chi connectivity index (χ4v) is 9.64. The van der Waals surface area contributed by atoms with Crippen molar-refractivity contribution in [3.8, 4) is 0 Å². The minimum atomic E-state index is -4.40. The van der Waals surface area contributed by atoms with E-state index in [1.807, 2.05) is 62.4 Å². The van der Waals surface area contributed by atoms with Gasteiger partial charge in [0.05, 0.1) is 26.3 Å². The van der Waals surface area contributed by atoms with Gasteiger partial charge < -0.3 is 18.3 Å². The van der Waals surface area contributed by atoms with E-state index in [1.165, 1.54) is 12.1 Å². The molecule has 0 radical (unpaired) electrons. The number of ether oxygens (including phenoxy) is 2. The minimum Gasteiger partial charge on any atom is -0.451 e. The zero-order valence-electron chi connectivity index (χ0n) is 28.3. The Labute approximate surface area is 310 Å². The van der Waals surface area contributed by atoms with Crippen molar-refractivity contribution in [2.75, 3.05) is 13.2 Å². The van der Waals surface area contributed by atoms with Gasteiger partial charge in [-0.3, -0.25) is 18.5 Å². The molecule has 276 valence electrons. The van der Waals surface area contributed by atoms with Gasteiger partial charge >= 0.3 is 20.2 Å². The molecular formula is C35H32N4O10S4. The second-order valence-corrected chi connectivity index (χ2v) is 18.1. The van der Waals surface area contributed by atoms with E-state index in [2.05, 4.69) is 0 Å². The van der Waals surface area contributed by atoms with Crippen LogP contribution in [0.3, 0.4) is 0 Å². The minimum absolute atomic E-state index is 0.141. The first-order valence-electron chi connectivity index (χ1n) is 16.4. The van der Waals surface area contributed by atoms with Gasteiger partial charge in [-0.15, -0.1) is 22.7 Å². The fraction of sp³-hybridized carbons (Fsp3) is 0.257. The largest absolute Gasteiger partial charge is 0.451 e. The standard InChI is InChI=1S/C35H32N4O10S4/c1-20-4-8-22(9-5-20)16-38-30-32(48-26-14-28(50-34(26)30)52(40,41)42)24(36-38)18-46-12-3-13-47-19-25-33-31(35-27(49-33)15-29(51-35)53(43,44)45)39(37-25)17-23-10-6-21(2)7-11-23/h4-11,14-15H,3,12-13,16-19H2,1-2H3,(H,40,41,42)(H,43,44,45). The molecule has 2 aromatic carbocycles. The Balaban J connectivity index is 0.945. The molecule has 8 rings (SSSR count). The number of rotatable bonds is 14. The molecule has 0 aliphatic carbocycles. The molecular weight excluding hydrogens is 765 g/mol. The summed E-state index contributed by atoms with van der Waals surface area (Å²) >= 11 is 1.85. The lowest BCUT2D eigenvalue weighted by Gasteiger charge is -2.05. The Morgan fingerprint density at radius 3 is 1.43 bits per heavy atom. The topological polar surface area (TPSA) is 189 Å². The molecule has 18 heteroatoms. The normalized spacial score (nSPS) is 12.8. The Kier molecular flexibility index (Phi) is 9.26. The molecule has 0 amide bonds. The maximum atomic E-state index is 11.8. The molecule has 0 aliphatic heterocycles. The Bertz CT molecular complexity index is 2650. The molecule has 0 atom stereocenters. The SMILES string of the molecule is Cc1ccc(Cn2nc(COCCCOCc3nn(Cc4ccc(C)cc4)c4c3oc3cc(S(=O)(=O)O)sc34)c3oc4cc(S(=O)(=O)O)sc4c32)cc1. The third-order valence-electron chi connectivity index (χ3n) is 8.63. The average Bonchev–Trinajstić information content (AvgIpc) is 3.92. The maximum Gasteiger partial charge on any atom is 0.304 e. The molecule has 6 heterocycles. The van der Waals surface area contributed by atoms with Crippen LogP contribution in [0.15, 0.2) is 77.9 Å². The van der Waals surface area contributed by atoms with Crippen LogP contribution in [0.1, 0.15) is 40.1 Å². The first-order valence-corrected chi connectivity index (χ1v) is 20.9. The Morgan fingerprint density at radius 2 is 1.06 bits per heavy atom. The van der Waals surface area contributed by atoms with Crippen molar-refractivity contribution >= 4 is 85.7 Å². The Morgan fingerprint density at radius 1 is 0.660 bits per heavy atom. The molecule has 14 nitrogen and oxygen atoms in total. The van der Waals surface area contributed by atoms with Crippen LogP contribution >= 0.6 is 22.7 Å². The first-order chi connectivity index (χ1) is 25.3. The lowest BCUT2D eigenvalue weighted by atomic mass is 10.1. The molecule has 53 heavy (non-hydrogen) atoms. The van der Waals surface area contributed by atoms with Gasteiger partial charge in [0.15, 0.2) is 19.6 Å². The van der Waals surface area contributed by atoms with E-state index >= 15 is 0 Å². The van der Waals surface area contributed by atoms with Gasteiger partial charge in [0.1, 0.15) is 43.0 Å². The molecule has 0 unspecified atom stereocenters. The number of hydrogen-bond donors (Lipinski definition) is 2. The van der Waals surface area contributed by atoms with Crippen molar-refractivity contribution in [1.29, 1.82) is 0 Å². The van der Waals surface area contributed by atoms with E-state index in [9.17, 15) is 25.9 Å². The quantitative estimate of drug-likeness (QED) is 0.0825. The van der Waals surface area contributed by atoms with Crippen LogP contribution in [-0.2, 0) is 56.0 Å². The highest BCUT2D eigenvalue weighted by Crippen LogP contribution is 2.40. The molecule has 0 fully saturated rings. The van der Waals surface area contributed by atoms with Crippen molar-refractivity contribution in [3.63, 3.8) is 0 Å². The Hall–Kier alpha value is -4.40. The third-order valence-corrected chi connectivity index (χ3v) is 13.5. The number of thiophene rings is 2. The third kappa shape index (κ3) is 7.16. The van der Waals surface area contributed by atoms with Gasteiger partial charge in [0.25, 0.3) is 0 Å². The van der Waals surface area contributed by atoms with Crippen LogP contribution in [-0.4, -0.2) is 58.7 Å². The summed E-state index contributed by atoms with van der Waals surface area (Å²) in [6.45, 7) is 5.83. The number of fused-ring (bicyclic) bond motifs is 6. The van der Waals surface area contributed by atoms with Gasteiger partial charge in [0, 0.05) is 25.3 Å². The number of aryl methyl sites for hydroxylation is 2. The van der Waals surface area contributed by atoms with Gasteiger partial charge in [-0.1, -0.05) is 59.7 Å². The number of furan rings is 2. The number of aromatic nitrogens is 4. The predicted molar refractivity (Wildman–Crippen MR) is 199 cm³/mol. The molecule has 8 aromatic rings. The summed E-state index contributed by atoms with van der Waals surface area (Å²) in [6, 6.07) is 18.7. The van der Waals surface area contributed by atoms with Crippen LogP contribution in [0, 0.1) is 13.8 Å². The summed E-state index contributed by atoms with van der Waals surface area (Å²) in [6.07, 6.45) is 0.552. The second-order valence-electron chi connectivity index (χ2n) is 12.7. The molecule has 0 spiro atoms. The second kappa shape index (κ2) is 13.8. The highest BCUT2D eigenvalue weighted by molar-refractivity contribution is 7.88. The van der Waals surface area contributed by atoms with Crippen LogP contribution in [0.25, 0.3) is 42.8 Å². The molecule has 0 saturated carbocycles. The van der Waals surface area contributed by atoms with Crippen molar-refractivity contribution in [3.05, 3.63) is 94.3 Å². The van der Waals surface area contributed by atoms with E-state index in [-0.39, 0.29) is 21.6 Å². The van der Waals surface area contributed by atoms with E-state index in [4.69, 9.17) is 28.5 Å². The van der Waals surface area contributed by atoms with E-state index in [0.29, 0.717) is 86.9 Å². The van der Waals surface area contributed by atoms with E-state index < -0.39 is 20.2 Å². The summed E-state index contributed by atoms with van der Waals surface area (Å²) in [4.78, 5) is 0. The van der Waals surface area contributed by atoms with E-state index in [1.54, 1.807) is 9.36 Å². The monoisotopic (exact) mass is 796 g/mol.